The van der Waals surface area contributed by atoms with Gasteiger partial charge in [-0.3, -0.25) is 10.1 Å². The molecule has 2 atom stereocenters. The summed E-state index contributed by atoms with van der Waals surface area (Å²) in [6, 6.07) is -0.239. The van der Waals surface area contributed by atoms with Crippen LogP contribution in [0, 0.1) is 11.8 Å². The first-order chi connectivity index (χ1) is 11.3. The molecule has 1 aromatic rings. The number of carboxylic acid groups (broad SMARTS) is 1. The summed E-state index contributed by atoms with van der Waals surface area (Å²) < 4.78 is 0. The number of aryl methyl sites for hydroxylation is 1. The normalized spacial score (nSPS) is 25.9. The van der Waals surface area contributed by atoms with Gasteiger partial charge in [-0.25, -0.2) is 9.78 Å². The lowest BCUT2D eigenvalue weighted by Gasteiger charge is -2.34. The molecule has 2 aliphatic rings. The van der Waals surface area contributed by atoms with Crippen LogP contribution in [0.5, 0.6) is 0 Å². The SMILES string of the molecule is CC1CC(C(=O)O)CN(C(=O)Nc2nc3c(s2)CCCC3(C)C)C1. The number of nitrogens with one attached hydrogen (secondary N) is 1. The lowest BCUT2D eigenvalue weighted by atomic mass is 9.79. The van der Waals surface area contributed by atoms with Gasteiger partial charge in [-0.15, -0.1) is 11.3 Å². The Bertz CT molecular complexity index is 656. The van der Waals surface area contributed by atoms with Crippen molar-refractivity contribution in [3.8, 4) is 0 Å². The molecule has 2 heterocycles. The third-order valence-electron chi connectivity index (χ3n) is 5.05. The summed E-state index contributed by atoms with van der Waals surface area (Å²) in [4.78, 5) is 31.3. The fourth-order valence-corrected chi connectivity index (χ4v) is 4.95. The fraction of sp³-hybridized carbons (Fsp3) is 0.706. The van der Waals surface area contributed by atoms with Crippen LogP contribution in [-0.4, -0.2) is 40.1 Å². The number of carbonyl (C=O) groups excluding carboxylic acids is 1. The van der Waals surface area contributed by atoms with Gasteiger partial charge in [0, 0.05) is 23.4 Å². The van der Waals surface area contributed by atoms with Crippen LogP contribution in [0.1, 0.15) is 50.6 Å². The maximum absolute atomic E-state index is 12.5. The molecule has 0 spiro atoms. The number of rotatable bonds is 2. The van der Waals surface area contributed by atoms with Gasteiger partial charge in [-0.2, -0.15) is 0 Å². The van der Waals surface area contributed by atoms with E-state index in [1.54, 1.807) is 16.2 Å². The molecule has 0 radical (unpaired) electrons. The molecule has 2 unspecified atom stereocenters. The Morgan fingerprint density at radius 3 is 2.79 bits per heavy atom. The van der Waals surface area contributed by atoms with Gasteiger partial charge in [-0.1, -0.05) is 20.8 Å². The van der Waals surface area contributed by atoms with Crippen LogP contribution >= 0.6 is 11.3 Å². The summed E-state index contributed by atoms with van der Waals surface area (Å²) in [7, 11) is 0. The van der Waals surface area contributed by atoms with Crippen molar-refractivity contribution in [3.05, 3.63) is 10.6 Å². The van der Waals surface area contributed by atoms with Gasteiger partial charge in [0.15, 0.2) is 5.13 Å². The average molecular weight is 351 g/mol. The lowest BCUT2D eigenvalue weighted by Crippen LogP contribution is -2.47. The third kappa shape index (κ3) is 3.41. The molecule has 7 heteroatoms. The minimum Gasteiger partial charge on any atom is -0.481 e. The highest BCUT2D eigenvalue weighted by Crippen LogP contribution is 2.40. The van der Waals surface area contributed by atoms with Gasteiger partial charge in [0.05, 0.1) is 11.6 Å². The van der Waals surface area contributed by atoms with E-state index in [-0.39, 0.29) is 23.9 Å². The van der Waals surface area contributed by atoms with Crippen LogP contribution in [0.25, 0.3) is 0 Å². The summed E-state index contributed by atoms with van der Waals surface area (Å²) in [5, 5.41) is 12.8. The first-order valence-electron chi connectivity index (χ1n) is 8.55. The van der Waals surface area contributed by atoms with Crippen molar-refractivity contribution in [2.45, 2.75) is 51.9 Å². The van der Waals surface area contributed by atoms with Gasteiger partial charge in [0.2, 0.25) is 0 Å². The third-order valence-corrected chi connectivity index (χ3v) is 6.08. The van der Waals surface area contributed by atoms with Crippen LogP contribution in [0.2, 0.25) is 0 Å². The number of amides is 2. The molecule has 2 N–H and O–H groups in total. The molecular weight excluding hydrogens is 326 g/mol. The van der Waals surface area contributed by atoms with Crippen molar-refractivity contribution in [2.75, 3.05) is 18.4 Å². The van der Waals surface area contributed by atoms with E-state index in [1.165, 1.54) is 4.88 Å². The standard InChI is InChI=1S/C17H25N3O3S/c1-10-7-11(14(21)22)9-20(8-10)16(23)19-15-18-13-12(24-15)5-4-6-17(13,2)3/h10-11H,4-9H2,1-3H3,(H,21,22)(H,18,19,23). The highest BCUT2D eigenvalue weighted by molar-refractivity contribution is 7.15. The first kappa shape index (κ1) is 17.2. The predicted octanol–water partition coefficient (Wildman–Crippen LogP) is 3.33. The van der Waals surface area contributed by atoms with Crippen LogP contribution in [0.4, 0.5) is 9.93 Å². The highest BCUT2D eigenvalue weighted by Gasteiger charge is 2.34. The zero-order chi connectivity index (χ0) is 17.5. The molecule has 0 bridgehead atoms. The predicted molar refractivity (Wildman–Crippen MR) is 93.6 cm³/mol. The maximum Gasteiger partial charge on any atom is 0.323 e. The lowest BCUT2D eigenvalue weighted by molar-refractivity contribution is -0.143. The number of aromatic nitrogens is 1. The monoisotopic (exact) mass is 351 g/mol. The van der Waals surface area contributed by atoms with E-state index < -0.39 is 11.9 Å². The molecule has 132 valence electrons. The van der Waals surface area contributed by atoms with Crippen molar-refractivity contribution in [2.24, 2.45) is 11.8 Å². The number of urea groups is 1. The molecule has 1 saturated heterocycles. The molecule has 1 aliphatic heterocycles. The first-order valence-corrected chi connectivity index (χ1v) is 9.37. The number of hydrogen-bond donors (Lipinski definition) is 2. The number of carbonyl (C=O) groups is 2. The number of nitrogens with zero attached hydrogens (tertiary/aromatic N) is 2. The van der Waals surface area contributed by atoms with Gasteiger partial charge in [0.25, 0.3) is 0 Å². The van der Waals surface area contributed by atoms with E-state index in [4.69, 9.17) is 0 Å². The van der Waals surface area contributed by atoms with Crippen LogP contribution in [-0.2, 0) is 16.6 Å². The van der Waals surface area contributed by atoms with E-state index in [2.05, 4.69) is 24.1 Å². The van der Waals surface area contributed by atoms with Crippen molar-refractivity contribution >= 4 is 28.5 Å². The second-order valence-electron chi connectivity index (χ2n) is 7.74. The maximum atomic E-state index is 12.5. The second-order valence-corrected chi connectivity index (χ2v) is 8.82. The number of hydrogen-bond acceptors (Lipinski definition) is 4. The summed E-state index contributed by atoms with van der Waals surface area (Å²) in [6.07, 6.45) is 3.91. The minimum atomic E-state index is -0.828. The van der Waals surface area contributed by atoms with Gasteiger partial charge < -0.3 is 10.0 Å². The van der Waals surface area contributed by atoms with E-state index in [0.717, 1.165) is 25.0 Å². The van der Waals surface area contributed by atoms with Crippen molar-refractivity contribution in [3.63, 3.8) is 0 Å². The molecular formula is C17H25N3O3S. The topological polar surface area (TPSA) is 82.5 Å². The molecule has 0 saturated carbocycles. The molecule has 1 aliphatic carbocycles. The summed E-state index contributed by atoms with van der Waals surface area (Å²) in [5.41, 5.74) is 1.16. The Labute approximate surface area is 146 Å². The Morgan fingerprint density at radius 2 is 2.12 bits per heavy atom. The Balaban J connectivity index is 1.71. The van der Waals surface area contributed by atoms with Crippen LogP contribution in [0.3, 0.4) is 0 Å². The number of carboxylic acids is 1. The fourth-order valence-electron chi connectivity index (χ4n) is 3.78. The number of piperidine rings is 1. The summed E-state index contributed by atoms with van der Waals surface area (Å²) in [5.74, 6) is -1.12. The number of fused-ring (bicyclic) bond motifs is 1. The quantitative estimate of drug-likeness (QED) is 0.856. The van der Waals surface area contributed by atoms with E-state index in [1.807, 2.05) is 6.92 Å². The number of likely N-dealkylation sites (tertiary alicyclic amines) is 1. The van der Waals surface area contributed by atoms with Crippen molar-refractivity contribution in [1.29, 1.82) is 0 Å². The van der Waals surface area contributed by atoms with E-state index in [0.29, 0.717) is 18.1 Å². The molecule has 3 rings (SSSR count). The molecule has 24 heavy (non-hydrogen) atoms. The Kier molecular flexibility index (Phi) is 4.55. The molecule has 2 amide bonds. The average Bonchev–Trinajstić information content (AvgIpc) is 2.90. The molecule has 0 aromatic carbocycles. The minimum absolute atomic E-state index is 0.0566. The Hall–Kier alpha value is -1.63. The molecule has 6 nitrogen and oxygen atoms in total. The number of anilines is 1. The smallest absolute Gasteiger partial charge is 0.323 e. The zero-order valence-electron chi connectivity index (χ0n) is 14.5. The zero-order valence-corrected chi connectivity index (χ0v) is 15.3. The number of aliphatic carboxylic acids is 1. The Morgan fingerprint density at radius 1 is 1.38 bits per heavy atom. The van der Waals surface area contributed by atoms with Crippen molar-refractivity contribution in [1.82, 2.24) is 9.88 Å². The molecule has 1 aromatic heterocycles. The summed E-state index contributed by atoms with van der Waals surface area (Å²) in [6.45, 7) is 7.23. The number of thiazole rings is 1. The van der Waals surface area contributed by atoms with Crippen LogP contribution in [0.15, 0.2) is 0 Å². The molecule has 1 fully saturated rings. The van der Waals surface area contributed by atoms with Crippen LogP contribution < -0.4 is 5.32 Å². The van der Waals surface area contributed by atoms with Crippen molar-refractivity contribution < 1.29 is 14.7 Å². The van der Waals surface area contributed by atoms with E-state index in [9.17, 15) is 14.7 Å². The summed E-state index contributed by atoms with van der Waals surface area (Å²) >= 11 is 1.55. The highest BCUT2D eigenvalue weighted by atomic mass is 32.1. The van der Waals surface area contributed by atoms with Gasteiger partial charge in [-0.05, 0) is 31.6 Å². The van der Waals surface area contributed by atoms with E-state index >= 15 is 0 Å². The second kappa shape index (κ2) is 6.35. The van der Waals surface area contributed by atoms with Gasteiger partial charge >= 0.3 is 12.0 Å². The van der Waals surface area contributed by atoms with Gasteiger partial charge in [0.1, 0.15) is 0 Å². The largest absolute Gasteiger partial charge is 0.481 e.